The van der Waals surface area contributed by atoms with Gasteiger partial charge in [-0.05, 0) is 24.3 Å². The van der Waals surface area contributed by atoms with Gasteiger partial charge in [0.15, 0.2) is 11.6 Å². The van der Waals surface area contributed by atoms with Crippen LogP contribution in [-0.2, 0) is 0 Å². The van der Waals surface area contributed by atoms with E-state index in [4.69, 9.17) is 22.4 Å². The number of carboxylic acid groups (broad SMARTS) is 1. The van der Waals surface area contributed by atoms with Gasteiger partial charge in [0.05, 0.1) is 10.6 Å². The van der Waals surface area contributed by atoms with Crippen LogP contribution in [0.3, 0.4) is 0 Å². The summed E-state index contributed by atoms with van der Waals surface area (Å²) in [6, 6.07) is 12.7. The first-order chi connectivity index (χ1) is 12.0. The fraction of sp³-hybridized carbons (Fsp3) is 0. The van der Waals surface area contributed by atoms with Crippen molar-refractivity contribution in [2.75, 3.05) is 11.1 Å². The fourth-order valence-corrected chi connectivity index (χ4v) is 2.44. The maximum Gasteiger partial charge on any atom is 0.335 e. The number of aromatic nitrogens is 2. The molecule has 0 unspecified atom stereocenters. The van der Waals surface area contributed by atoms with Crippen LogP contribution in [-0.4, -0.2) is 21.0 Å². The molecule has 0 spiro atoms. The lowest BCUT2D eigenvalue weighted by atomic mass is 10.1. The third-order valence-corrected chi connectivity index (χ3v) is 3.70. The molecule has 0 fully saturated rings. The van der Waals surface area contributed by atoms with Crippen molar-refractivity contribution in [1.29, 1.82) is 0 Å². The van der Waals surface area contributed by atoms with E-state index >= 15 is 0 Å². The molecule has 0 amide bonds. The van der Waals surface area contributed by atoms with Crippen LogP contribution < -0.4 is 11.1 Å². The van der Waals surface area contributed by atoms with Crippen LogP contribution in [0.15, 0.2) is 48.5 Å². The highest BCUT2D eigenvalue weighted by Crippen LogP contribution is 2.31. The average molecular weight is 359 g/mol. The smallest absolute Gasteiger partial charge is 0.335 e. The molecular formula is C17H12ClFN4O2. The van der Waals surface area contributed by atoms with Crippen LogP contribution >= 0.6 is 11.6 Å². The maximum atomic E-state index is 14.3. The highest BCUT2D eigenvalue weighted by molar-refractivity contribution is 6.33. The largest absolute Gasteiger partial charge is 0.478 e. The zero-order valence-corrected chi connectivity index (χ0v) is 13.5. The van der Waals surface area contributed by atoms with Crippen LogP contribution in [0.5, 0.6) is 0 Å². The maximum absolute atomic E-state index is 14.3. The highest BCUT2D eigenvalue weighted by atomic mass is 35.5. The number of rotatable bonds is 4. The first-order valence-electron chi connectivity index (χ1n) is 7.14. The number of benzene rings is 2. The van der Waals surface area contributed by atoms with Crippen molar-refractivity contribution in [3.05, 3.63) is 64.9 Å². The van der Waals surface area contributed by atoms with Gasteiger partial charge in [0, 0.05) is 11.3 Å². The highest BCUT2D eigenvalue weighted by Gasteiger charge is 2.16. The van der Waals surface area contributed by atoms with Gasteiger partial charge < -0.3 is 16.2 Å². The number of nitrogen functional groups attached to an aromatic ring is 1. The molecule has 4 N–H and O–H groups in total. The minimum absolute atomic E-state index is 0.0244. The Bertz CT molecular complexity index is 965. The summed E-state index contributed by atoms with van der Waals surface area (Å²) in [6.07, 6.45) is 0. The molecule has 25 heavy (non-hydrogen) atoms. The molecule has 1 aromatic heterocycles. The summed E-state index contributed by atoms with van der Waals surface area (Å²) >= 11 is 6.10. The van der Waals surface area contributed by atoms with Crippen LogP contribution in [0.25, 0.3) is 11.3 Å². The molecule has 0 saturated heterocycles. The molecule has 6 nitrogen and oxygen atoms in total. The Balaban J connectivity index is 2.03. The third kappa shape index (κ3) is 3.51. The van der Waals surface area contributed by atoms with Crippen molar-refractivity contribution in [2.24, 2.45) is 0 Å². The van der Waals surface area contributed by atoms with E-state index in [2.05, 4.69) is 15.3 Å². The van der Waals surface area contributed by atoms with Crippen LogP contribution in [0, 0.1) is 5.82 Å². The van der Waals surface area contributed by atoms with Crippen LogP contribution in [0.2, 0.25) is 5.02 Å². The summed E-state index contributed by atoms with van der Waals surface area (Å²) in [6.45, 7) is 0. The van der Waals surface area contributed by atoms with E-state index in [0.29, 0.717) is 16.3 Å². The van der Waals surface area contributed by atoms with Gasteiger partial charge in [0.2, 0.25) is 5.95 Å². The van der Waals surface area contributed by atoms with Gasteiger partial charge in [-0.2, -0.15) is 4.98 Å². The number of aromatic carboxylic acids is 1. The first-order valence-corrected chi connectivity index (χ1v) is 7.52. The second-order valence-electron chi connectivity index (χ2n) is 5.09. The molecule has 0 radical (unpaired) electrons. The second kappa shape index (κ2) is 6.74. The number of carboxylic acids is 1. The topological polar surface area (TPSA) is 101 Å². The lowest BCUT2D eigenvalue weighted by molar-refractivity contribution is 0.0697. The quantitative estimate of drug-likeness (QED) is 0.652. The number of anilines is 3. The van der Waals surface area contributed by atoms with Crippen molar-refractivity contribution in [2.45, 2.75) is 0 Å². The van der Waals surface area contributed by atoms with Gasteiger partial charge in [0.1, 0.15) is 5.69 Å². The van der Waals surface area contributed by atoms with E-state index in [1.807, 2.05) is 0 Å². The average Bonchev–Trinajstić information content (AvgIpc) is 2.59. The predicted octanol–water partition coefficient (Wildman–Crippen LogP) is 3.96. The van der Waals surface area contributed by atoms with E-state index in [1.165, 1.54) is 12.1 Å². The lowest BCUT2D eigenvalue weighted by Gasteiger charge is -2.11. The monoisotopic (exact) mass is 358 g/mol. The molecule has 0 atom stereocenters. The van der Waals surface area contributed by atoms with Crippen molar-refractivity contribution < 1.29 is 14.3 Å². The minimum atomic E-state index is -1.07. The molecule has 8 heteroatoms. The molecule has 0 saturated carbocycles. The minimum Gasteiger partial charge on any atom is -0.478 e. The molecule has 3 rings (SSSR count). The van der Waals surface area contributed by atoms with Crippen LogP contribution in [0.4, 0.5) is 21.8 Å². The van der Waals surface area contributed by atoms with Crippen molar-refractivity contribution >= 4 is 35.0 Å². The molecule has 2 aromatic carbocycles. The summed E-state index contributed by atoms with van der Waals surface area (Å²) in [5.74, 6) is -2.17. The summed E-state index contributed by atoms with van der Waals surface area (Å²) < 4.78 is 14.3. The Morgan fingerprint density at radius 2 is 1.92 bits per heavy atom. The molecule has 0 aliphatic heterocycles. The molecule has 0 bridgehead atoms. The zero-order valence-electron chi connectivity index (χ0n) is 12.7. The van der Waals surface area contributed by atoms with E-state index in [1.54, 1.807) is 36.4 Å². The van der Waals surface area contributed by atoms with Gasteiger partial charge >= 0.3 is 5.97 Å². The van der Waals surface area contributed by atoms with E-state index < -0.39 is 11.8 Å². The van der Waals surface area contributed by atoms with E-state index in [9.17, 15) is 9.18 Å². The summed E-state index contributed by atoms with van der Waals surface area (Å²) in [7, 11) is 0. The molecule has 1 heterocycles. The molecule has 0 aliphatic rings. The summed E-state index contributed by atoms with van der Waals surface area (Å²) in [4.78, 5) is 19.0. The SMILES string of the molecule is Nc1nc(Nc2cccc(C(=O)O)c2)nc(-c2ccccc2Cl)c1F. The van der Waals surface area contributed by atoms with Gasteiger partial charge in [-0.3, -0.25) is 0 Å². The molecule has 3 aromatic rings. The normalized spacial score (nSPS) is 10.5. The zero-order chi connectivity index (χ0) is 18.0. The Morgan fingerprint density at radius 1 is 1.16 bits per heavy atom. The number of hydrogen-bond acceptors (Lipinski definition) is 5. The first kappa shape index (κ1) is 16.7. The lowest BCUT2D eigenvalue weighted by Crippen LogP contribution is -2.06. The van der Waals surface area contributed by atoms with Gasteiger partial charge in [0.25, 0.3) is 0 Å². The van der Waals surface area contributed by atoms with E-state index in [-0.39, 0.29) is 23.0 Å². The van der Waals surface area contributed by atoms with Crippen molar-refractivity contribution in [3.63, 3.8) is 0 Å². The Kier molecular flexibility index (Phi) is 4.49. The number of halogens is 2. The fourth-order valence-electron chi connectivity index (χ4n) is 2.21. The van der Waals surface area contributed by atoms with E-state index in [0.717, 1.165) is 0 Å². The second-order valence-corrected chi connectivity index (χ2v) is 5.49. The number of nitrogens with one attached hydrogen (secondary N) is 1. The van der Waals surface area contributed by atoms with Gasteiger partial charge in [-0.25, -0.2) is 14.2 Å². The molecular weight excluding hydrogens is 347 g/mol. The molecule has 126 valence electrons. The van der Waals surface area contributed by atoms with Gasteiger partial charge in [-0.15, -0.1) is 0 Å². The standard InChI is InChI=1S/C17H12ClFN4O2/c18-12-7-2-1-6-11(12)14-13(19)15(20)23-17(22-14)21-10-5-3-4-9(8-10)16(24)25/h1-8H,(H,24,25)(H3,20,21,22,23). The van der Waals surface area contributed by atoms with Crippen molar-refractivity contribution in [1.82, 2.24) is 9.97 Å². The molecule has 0 aliphatic carbocycles. The van der Waals surface area contributed by atoms with Crippen LogP contribution in [0.1, 0.15) is 10.4 Å². The number of nitrogens with zero attached hydrogens (tertiary/aromatic N) is 2. The Labute approximate surface area is 147 Å². The number of carbonyl (C=O) groups is 1. The van der Waals surface area contributed by atoms with Crippen molar-refractivity contribution in [3.8, 4) is 11.3 Å². The number of hydrogen-bond donors (Lipinski definition) is 3. The summed E-state index contributed by atoms with van der Waals surface area (Å²) in [5.41, 5.74) is 6.48. The Morgan fingerprint density at radius 3 is 2.64 bits per heavy atom. The Hall–Kier alpha value is -3.19. The third-order valence-electron chi connectivity index (χ3n) is 3.37. The number of nitrogens with two attached hydrogens (primary N) is 1. The van der Waals surface area contributed by atoms with Gasteiger partial charge in [-0.1, -0.05) is 35.9 Å². The summed E-state index contributed by atoms with van der Waals surface area (Å²) in [5, 5.41) is 12.2. The predicted molar refractivity (Wildman–Crippen MR) is 93.5 cm³/mol.